The highest BCUT2D eigenvalue weighted by Gasteiger charge is 2.43. The molecule has 2 aliphatic carbocycles. The van der Waals surface area contributed by atoms with Crippen molar-refractivity contribution in [1.29, 1.82) is 21.0 Å². The van der Waals surface area contributed by atoms with E-state index in [-0.39, 0.29) is 44.6 Å². The average molecular weight is 993 g/mol. The zero-order valence-corrected chi connectivity index (χ0v) is 42.3. The molecule has 0 saturated carbocycles. The van der Waals surface area contributed by atoms with Gasteiger partial charge < -0.3 is 4.74 Å². The van der Waals surface area contributed by atoms with Crippen molar-refractivity contribution in [1.82, 2.24) is 0 Å². The molecule has 0 amide bonds. The van der Waals surface area contributed by atoms with E-state index in [1.54, 1.807) is 12.2 Å². The summed E-state index contributed by atoms with van der Waals surface area (Å²) < 4.78 is 51.1. The van der Waals surface area contributed by atoms with E-state index in [1.807, 2.05) is 36.4 Å². The van der Waals surface area contributed by atoms with Gasteiger partial charge in [-0.1, -0.05) is 135 Å². The standard InChI is InChI=1S/C59H59F3N4O3S2/c1-3-5-7-9-11-13-15-17-19-21-25-59(26-22-20-18-16-14-12-10-8-6-4-2)49-30-41(28-47-53(38(34-63)35-64)43-24-23-40(60)27-45(43)55(47)67)70-57(49)58-52(69-59)31-42(71-58)29-48-54(39(36-65)37-66)44-32-50(61)51(62)33-46(44)56(48)68/h23-24,27-33H,3-22,25-26H2,1-2H3/b47-28-,48-29-. The quantitative estimate of drug-likeness (QED) is 0.0387. The van der Waals surface area contributed by atoms with E-state index in [1.165, 1.54) is 112 Å². The lowest BCUT2D eigenvalue weighted by atomic mass is 9.81. The molecule has 1 aliphatic heterocycles. The number of ketones is 2. The van der Waals surface area contributed by atoms with Crippen LogP contribution in [0, 0.1) is 62.8 Å². The van der Waals surface area contributed by atoms with E-state index in [9.17, 15) is 43.8 Å². The number of hydrogen-bond acceptors (Lipinski definition) is 9. The van der Waals surface area contributed by atoms with Gasteiger partial charge in [0.1, 0.15) is 52.6 Å². The van der Waals surface area contributed by atoms with Gasteiger partial charge in [-0.15, -0.1) is 22.7 Å². The zero-order valence-electron chi connectivity index (χ0n) is 40.7. The van der Waals surface area contributed by atoms with Crippen LogP contribution in [0.1, 0.15) is 202 Å². The van der Waals surface area contributed by atoms with E-state index in [4.69, 9.17) is 4.74 Å². The molecule has 0 spiro atoms. The molecule has 0 N–H and O–H groups in total. The van der Waals surface area contributed by atoms with E-state index in [2.05, 4.69) is 13.8 Å². The van der Waals surface area contributed by atoms with Crippen LogP contribution in [-0.4, -0.2) is 11.6 Å². The number of hydrogen-bond donors (Lipinski definition) is 0. The van der Waals surface area contributed by atoms with E-state index < -0.39 is 40.2 Å². The number of ether oxygens (including phenoxy) is 1. The Kier molecular flexibility index (Phi) is 18.3. The fourth-order valence-electron chi connectivity index (χ4n) is 10.3. The minimum absolute atomic E-state index is 0.0308. The third-order valence-electron chi connectivity index (χ3n) is 14.0. The van der Waals surface area contributed by atoms with Crippen LogP contribution in [0.5, 0.6) is 5.75 Å². The number of halogens is 3. The third kappa shape index (κ3) is 11.7. The summed E-state index contributed by atoms with van der Waals surface area (Å²) in [6.07, 6.45) is 27.9. The molecule has 366 valence electrons. The van der Waals surface area contributed by atoms with Crippen LogP contribution in [0.25, 0.3) is 33.1 Å². The van der Waals surface area contributed by atoms with Crippen molar-refractivity contribution in [3.05, 3.63) is 120 Å². The number of nitriles is 4. The average Bonchev–Trinajstić information content (AvgIpc) is 4.11. The predicted octanol–water partition coefficient (Wildman–Crippen LogP) is 17.3. The fraction of sp³-hybridized carbons (Fsp3) is 0.424. The van der Waals surface area contributed by atoms with Gasteiger partial charge in [-0.25, -0.2) is 13.2 Å². The van der Waals surface area contributed by atoms with Crippen molar-refractivity contribution in [2.24, 2.45) is 0 Å². The Balaban J connectivity index is 1.29. The van der Waals surface area contributed by atoms with Crippen LogP contribution in [0.15, 0.2) is 64.8 Å². The van der Waals surface area contributed by atoms with Crippen molar-refractivity contribution in [3.63, 3.8) is 0 Å². The summed E-state index contributed by atoms with van der Waals surface area (Å²) in [5.74, 6) is -3.60. The number of rotatable bonds is 24. The minimum atomic E-state index is -1.22. The molecule has 4 aromatic rings. The summed E-state index contributed by atoms with van der Waals surface area (Å²) >= 11 is 2.76. The first-order chi connectivity index (χ1) is 34.5. The van der Waals surface area contributed by atoms with E-state index in [0.29, 0.717) is 33.9 Å². The summed E-state index contributed by atoms with van der Waals surface area (Å²) in [6, 6.07) is 16.8. The molecule has 7 rings (SSSR count). The van der Waals surface area contributed by atoms with Crippen LogP contribution in [0.3, 0.4) is 0 Å². The van der Waals surface area contributed by atoms with Gasteiger partial charge in [0.25, 0.3) is 0 Å². The number of Topliss-reactive ketones (excluding diaryl/α,β-unsaturated/α-hetero) is 2. The molecule has 0 radical (unpaired) electrons. The summed E-state index contributed by atoms with van der Waals surface area (Å²) in [5.41, 5.74) is -0.122. The number of allylic oxidation sites excluding steroid dienone is 6. The van der Waals surface area contributed by atoms with Gasteiger partial charge in [0.05, 0.1) is 9.75 Å². The number of thiophene rings is 2. The summed E-state index contributed by atoms with van der Waals surface area (Å²) in [4.78, 5) is 30.9. The predicted molar refractivity (Wildman–Crippen MR) is 277 cm³/mol. The Morgan fingerprint density at radius 3 is 1.45 bits per heavy atom. The lowest BCUT2D eigenvalue weighted by Gasteiger charge is -2.38. The maximum Gasteiger partial charge on any atom is 0.194 e. The molecular weight excluding hydrogens is 934 g/mol. The molecular formula is C59H59F3N4O3S2. The van der Waals surface area contributed by atoms with Crippen molar-refractivity contribution < 1.29 is 27.5 Å². The maximum atomic E-state index is 14.7. The van der Waals surface area contributed by atoms with Gasteiger partial charge >= 0.3 is 0 Å². The van der Waals surface area contributed by atoms with Gasteiger partial charge in [0.15, 0.2) is 23.2 Å². The topological polar surface area (TPSA) is 139 Å². The van der Waals surface area contributed by atoms with E-state index in [0.717, 1.165) is 84.9 Å². The number of fused-ring (bicyclic) bond motifs is 5. The van der Waals surface area contributed by atoms with Crippen molar-refractivity contribution in [3.8, 4) is 39.8 Å². The zero-order chi connectivity index (χ0) is 50.5. The molecule has 2 aromatic carbocycles. The molecule has 0 unspecified atom stereocenters. The van der Waals surface area contributed by atoms with Gasteiger partial charge in [0.2, 0.25) is 0 Å². The summed E-state index contributed by atoms with van der Waals surface area (Å²) in [7, 11) is 0. The van der Waals surface area contributed by atoms with Crippen LogP contribution >= 0.6 is 22.7 Å². The second-order valence-electron chi connectivity index (χ2n) is 18.9. The SMILES string of the molecule is CCCCCCCCCCCCC1(CCCCCCCCCCCC)Oc2cc(/C=C3\C(=O)c4cc(F)c(F)cc4C3=C(C#N)C#N)sc2-c2sc(/C=C3\C(=O)c4cc(F)ccc4C3=C(C#N)C#N)cc21. The largest absolute Gasteiger partial charge is 0.481 e. The molecule has 0 bridgehead atoms. The van der Waals surface area contributed by atoms with Crippen molar-refractivity contribution >= 4 is 57.5 Å². The van der Waals surface area contributed by atoms with E-state index >= 15 is 0 Å². The van der Waals surface area contributed by atoms with Gasteiger partial charge in [-0.2, -0.15) is 21.0 Å². The second-order valence-corrected chi connectivity index (χ2v) is 21.1. The molecule has 7 nitrogen and oxygen atoms in total. The second kappa shape index (κ2) is 24.7. The molecule has 0 saturated heterocycles. The first kappa shape index (κ1) is 52.5. The molecule has 3 aliphatic rings. The lowest BCUT2D eigenvalue weighted by Crippen LogP contribution is -2.35. The normalized spacial score (nSPS) is 15.2. The maximum absolute atomic E-state index is 14.7. The molecule has 71 heavy (non-hydrogen) atoms. The molecule has 0 fully saturated rings. The monoisotopic (exact) mass is 992 g/mol. The summed E-state index contributed by atoms with van der Waals surface area (Å²) in [6.45, 7) is 4.45. The minimum Gasteiger partial charge on any atom is -0.481 e. The Bertz CT molecular complexity index is 2920. The smallest absolute Gasteiger partial charge is 0.194 e. The first-order valence-electron chi connectivity index (χ1n) is 25.4. The van der Waals surface area contributed by atoms with Crippen LogP contribution < -0.4 is 4.74 Å². The van der Waals surface area contributed by atoms with Crippen LogP contribution in [0.2, 0.25) is 0 Å². The Morgan fingerprint density at radius 1 is 0.535 bits per heavy atom. The Labute approximate surface area is 424 Å². The lowest BCUT2D eigenvalue weighted by molar-refractivity contribution is 0.0397. The number of carbonyl (C=O) groups is 2. The highest BCUT2D eigenvalue weighted by atomic mass is 32.1. The van der Waals surface area contributed by atoms with Gasteiger partial charge in [0, 0.05) is 48.7 Å². The Hall–Kier alpha value is -6.31. The molecule has 2 aromatic heterocycles. The Morgan fingerprint density at radius 2 is 0.958 bits per heavy atom. The molecule has 3 heterocycles. The third-order valence-corrected chi connectivity index (χ3v) is 16.3. The highest BCUT2D eigenvalue weighted by molar-refractivity contribution is 7.23. The number of nitrogens with zero attached hydrogens (tertiary/aromatic N) is 4. The van der Waals surface area contributed by atoms with Gasteiger partial charge in [-0.3, -0.25) is 9.59 Å². The van der Waals surface area contributed by atoms with Crippen LogP contribution in [-0.2, 0) is 5.60 Å². The molecule has 12 heteroatoms. The van der Waals surface area contributed by atoms with Crippen molar-refractivity contribution in [2.75, 3.05) is 0 Å². The fourth-order valence-corrected chi connectivity index (χ4v) is 12.7. The number of carbonyl (C=O) groups excluding carboxylic acids is 2. The number of benzene rings is 2. The van der Waals surface area contributed by atoms with Gasteiger partial charge in [-0.05, 0) is 85.4 Å². The summed E-state index contributed by atoms with van der Waals surface area (Å²) in [5, 5.41) is 40.1. The first-order valence-corrected chi connectivity index (χ1v) is 27.1. The van der Waals surface area contributed by atoms with Crippen molar-refractivity contribution in [2.45, 2.75) is 161 Å². The van der Waals surface area contributed by atoms with Crippen LogP contribution in [0.4, 0.5) is 13.2 Å². The molecule has 0 atom stereocenters. The highest BCUT2D eigenvalue weighted by Crippen LogP contribution is 2.57. The number of unbranched alkanes of at least 4 members (excludes halogenated alkanes) is 18.